The molecule has 0 saturated heterocycles. The first-order valence-electron chi connectivity index (χ1n) is 5.97. The highest BCUT2D eigenvalue weighted by Crippen LogP contribution is 2.31. The summed E-state index contributed by atoms with van der Waals surface area (Å²) in [6, 6.07) is 1.61. The Labute approximate surface area is 120 Å². The third-order valence-electron chi connectivity index (χ3n) is 3.20. The van der Waals surface area contributed by atoms with E-state index in [1.54, 1.807) is 17.6 Å². The van der Waals surface area contributed by atoms with E-state index >= 15 is 0 Å². The number of aryl methyl sites for hydroxylation is 2. The quantitative estimate of drug-likeness (QED) is 0.883. The summed E-state index contributed by atoms with van der Waals surface area (Å²) in [5.41, 5.74) is 3.22. The fourth-order valence-electron chi connectivity index (χ4n) is 2.28. The third kappa shape index (κ3) is 2.12. The van der Waals surface area contributed by atoms with Gasteiger partial charge >= 0.3 is 11.9 Å². The van der Waals surface area contributed by atoms with E-state index < -0.39 is 11.9 Å². The minimum absolute atomic E-state index is 0.240. The Morgan fingerprint density at radius 2 is 1.95 bits per heavy atom. The lowest BCUT2D eigenvalue weighted by Crippen LogP contribution is -2.08. The normalized spacial score (nSPS) is 10.6. The van der Waals surface area contributed by atoms with Crippen molar-refractivity contribution in [2.45, 2.75) is 20.8 Å². The van der Waals surface area contributed by atoms with E-state index in [1.165, 1.54) is 18.4 Å². The topological polar surface area (TPSA) is 68.5 Å². The number of thiophene rings is 1. The van der Waals surface area contributed by atoms with Crippen molar-refractivity contribution >= 4 is 23.3 Å². The first kappa shape index (κ1) is 14.3. The number of rotatable bonds is 3. The minimum Gasteiger partial charge on any atom is -0.478 e. The van der Waals surface area contributed by atoms with Crippen molar-refractivity contribution in [3.8, 4) is 5.69 Å². The molecular formula is C14H15NO4S. The molecule has 1 N–H and O–H groups in total. The van der Waals surface area contributed by atoms with Gasteiger partial charge in [-0.15, -0.1) is 11.3 Å². The molecule has 0 radical (unpaired) electrons. The number of carbonyl (C=O) groups is 2. The summed E-state index contributed by atoms with van der Waals surface area (Å²) in [6.45, 7) is 5.43. The Kier molecular flexibility index (Phi) is 3.67. The summed E-state index contributed by atoms with van der Waals surface area (Å²) in [6.07, 6.45) is 0. The van der Waals surface area contributed by atoms with Gasteiger partial charge in [0.15, 0.2) is 0 Å². The van der Waals surface area contributed by atoms with Crippen LogP contribution in [-0.4, -0.2) is 28.7 Å². The number of methoxy groups -OCH3 is 1. The van der Waals surface area contributed by atoms with E-state index in [0.717, 1.165) is 11.3 Å². The highest BCUT2D eigenvalue weighted by Gasteiger charge is 2.23. The molecule has 0 fully saturated rings. The van der Waals surface area contributed by atoms with Crippen LogP contribution >= 0.6 is 11.3 Å². The Balaban J connectivity index is 2.72. The van der Waals surface area contributed by atoms with Crippen LogP contribution < -0.4 is 0 Å². The number of nitrogens with zero attached hydrogens (tertiary/aromatic N) is 1. The van der Waals surface area contributed by atoms with Gasteiger partial charge in [0.2, 0.25) is 0 Å². The Hall–Kier alpha value is -2.08. The standard InChI is InChI=1S/C14H15NO4S/c1-7-6-20-12(14(18)19-4)11(7)15-8(2)5-10(9(15)3)13(16)17/h5-6H,1-4H3,(H,16,17). The second-order valence-corrected chi connectivity index (χ2v) is 5.39. The van der Waals surface area contributed by atoms with Crippen LogP contribution in [0.1, 0.15) is 37.0 Å². The van der Waals surface area contributed by atoms with Crippen LogP contribution in [0.5, 0.6) is 0 Å². The zero-order chi connectivity index (χ0) is 15.0. The molecule has 0 bridgehead atoms. The van der Waals surface area contributed by atoms with Gasteiger partial charge in [-0.25, -0.2) is 9.59 Å². The van der Waals surface area contributed by atoms with Gasteiger partial charge in [-0.3, -0.25) is 0 Å². The van der Waals surface area contributed by atoms with Gasteiger partial charge in [0, 0.05) is 11.4 Å². The van der Waals surface area contributed by atoms with Crippen LogP contribution in [0.4, 0.5) is 0 Å². The monoisotopic (exact) mass is 293 g/mol. The predicted octanol–water partition coefficient (Wildman–Crippen LogP) is 2.95. The van der Waals surface area contributed by atoms with Crippen molar-refractivity contribution in [2.24, 2.45) is 0 Å². The van der Waals surface area contributed by atoms with Crippen molar-refractivity contribution < 1.29 is 19.4 Å². The van der Waals surface area contributed by atoms with Gasteiger partial charge < -0.3 is 14.4 Å². The SMILES string of the molecule is COC(=O)c1scc(C)c1-n1c(C)cc(C(=O)O)c1C. The zero-order valence-corrected chi connectivity index (χ0v) is 12.5. The lowest BCUT2D eigenvalue weighted by Gasteiger charge is -2.11. The van der Waals surface area contributed by atoms with E-state index in [0.29, 0.717) is 16.3 Å². The fraction of sp³-hybridized carbons (Fsp3) is 0.286. The number of esters is 1. The molecule has 5 nitrogen and oxygen atoms in total. The number of aromatic nitrogens is 1. The van der Waals surface area contributed by atoms with E-state index in [9.17, 15) is 14.7 Å². The molecule has 0 aromatic carbocycles. The summed E-state index contributed by atoms with van der Waals surface area (Å²) in [5.74, 6) is -1.39. The first-order valence-corrected chi connectivity index (χ1v) is 6.85. The van der Waals surface area contributed by atoms with Crippen molar-refractivity contribution in [1.82, 2.24) is 4.57 Å². The molecule has 0 aliphatic carbocycles. The van der Waals surface area contributed by atoms with Crippen molar-refractivity contribution in [1.29, 1.82) is 0 Å². The second-order valence-electron chi connectivity index (χ2n) is 4.51. The number of ether oxygens (including phenoxy) is 1. The number of aromatic carboxylic acids is 1. The molecule has 2 heterocycles. The molecule has 6 heteroatoms. The van der Waals surface area contributed by atoms with Gasteiger partial charge in [0.1, 0.15) is 4.88 Å². The van der Waals surface area contributed by atoms with Crippen LogP contribution in [0.25, 0.3) is 5.69 Å². The van der Waals surface area contributed by atoms with Crippen LogP contribution in [-0.2, 0) is 4.74 Å². The lowest BCUT2D eigenvalue weighted by molar-refractivity contribution is 0.0605. The smallest absolute Gasteiger partial charge is 0.350 e. The predicted molar refractivity (Wildman–Crippen MR) is 76.2 cm³/mol. The van der Waals surface area contributed by atoms with Gasteiger partial charge in [-0.2, -0.15) is 0 Å². The molecule has 0 aliphatic rings. The van der Waals surface area contributed by atoms with E-state index in [-0.39, 0.29) is 5.56 Å². The number of carbonyl (C=O) groups excluding carboxylic acids is 1. The Morgan fingerprint density at radius 3 is 2.45 bits per heavy atom. The fourth-order valence-corrected chi connectivity index (χ4v) is 3.23. The second kappa shape index (κ2) is 5.13. The van der Waals surface area contributed by atoms with Crippen LogP contribution in [0.3, 0.4) is 0 Å². The van der Waals surface area contributed by atoms with E-state index in [4.69, 9.17) is 4.74 Å². The molecular weight excluding hydrogens is 278 g/mol. The van der Waals surface area contributed by atoms with E-state index in [1.807, 2.05) is 19.2 Å². The minimum atomic E-state index is -0.975. The maximum atomic E-state index is 11.8. The molecule has 2 aromatic heterocycles. The number of hydrogen-bond donors (Lipinski definition) is 1. The molecule has 20 heavy (non-hydrogen) atoms. The summed E-state index contributed by atoms with van der Waals surface area (Å²) in [7, 11) is 1.33. The molecule has 0 saturated carbocycles. The highest BCUT2D eigenvalue weighted by molar-refractivity contribution is 7.12. The summed E-state index contributed by atoms with van der Waals surface area (Å²) >= 11 is 1.30. The summed E-state index contributed by atoms with van der Waals surface area (Å²) < 4.78 is 6.58. The number of hydrogen-bond acceptors (Lipinski definition) is 4. The Morgan fingerprint density at radius 1 is 1.30 bits per heavy atom. The third-order valence-corrected chi connectivity index (χ3v) is 4.27. The largest absolute Gasteiger partial charge is 0.478 e. The van der Waals surface area contributed by atoms with Gasteiger partial charge in [0.25, 0.3) is 0 Å². The van der Waals surface area contributed by atoms with Gasteiger partial charge in [-0.1, -0.05) is 0 Å². The van der Waals surface area contributed by atoms with Crippen LogP contribution in [0.2, 0.25) is 0 Å². The molecule has 0 unspecified atom stereocenters. The average Bonchev–Trinajstić information content (AvgIpc) is 2.89. The van der Waals surface area contributed by atoms with E-state index in [2.05, 4.69) is 0 Å². The molecule has 106 valence electrons. The average molecular weight is 293 g/mol. The van der Waals surface area contributed by atoms with Gasteiger partial charge in [0.05, 0.1) is 18.4 Å². The summed E-state index contributed by atoms with van der Waals surface area (Å²) in [5, 5.41) is 11.1. The molecule has 0 spiro atoms. The molecule has 0 aliphatic heterocycles. The Bertz CT molecular complexity index is 696. The zero-order valence-electron chi connectivity index (χ0n) is 11.7. The first-order chi connectivity index (χ1) is 9.38. The van der Waals surface area contributed by atoms with Crippen LogP contribution in [0.15, 0.2) is 11.4 Å². The highest BCUT2D eigenvalue weighted by atomic mass is 32.1. The van der Waals surface area contributed by atoms with Crippen molar-refractivity contribution in [2.75, 3.05) is 7.11 Å². The number of carboxylic acid groups (broad SMARTS) is 1. The van der Waals surface area contributed by atoms with Crippen molar-refractivity contribution in [3.63, 3.8) is 0 Å². The molecule has 0 atom stereocenters. The maximum absolute atomic E-state index is 11.8. The maximum Gasteiger partial charge on any atom is 0.350 e. The molecule has 0 amide bonds. The molecule has 2 rings (SSSR count). The molecule has 2 aromatic rings. The number of carboxylic acids is 1. The lowest BCUT2D eigenvalue weighted by atomic mass is 10.2. The summed E-state index contributed by atoms with van der Waals surface area (Å²) in [4.78, 5) is 23.5. The van der Waals surface area contributed by atoms with Gasteiger partial charge in [-0.05, 0) is 37.8 Å². The van der Waals surface area contributed by atoms with Crippen LogP contribution in [0, 0.1) is 20.8 Å². The van der Waals surface area contributed by atoms with Crippen molar-refractivity contribution in [3.05, 3.63) is 38.8 Å².